The fourth-order valence-electron chi connectivity index (χ4n) is 4.13. The molecule has 0 unspecified atom stereocenters. The summed E-state index contributed by atoms with van der Waals surface area (Å²) in [5, 5.41) is 10.8. The van der Waals surface area contributed by atoms with Crippen LogP contribution in [0.3, 0.4) is 0 Å². The Morgan fingerprint density at radius 1 is 1.17 bits per heavy atom. The lowest BCUT2D eigenvalue weighted by molar-refractivity contribution is -0.166. The fraction of sp³-hybridized carbons (Fsp3) is 0.520. The molecule has 0 bridgehead atoms. The maximum atomic E-state index is 12.9. The summed E-state index contributed by atoms with van der Waals surface area (Å²) < 4.78 is 36.8. The number of hydroxylamine groups is 1. The highest BCUT2D eigenvalue weighted by atomic mass is 35.5. The number of hydrazine groups is 1. The second kappa shape index (κ2) is 14.5. The average molecular weight is 542 g/mol. The maximum Gasteiger partial charge on any atom is 0.236 e. The van der Waals surface area contributed by atoms with E-state index < -0.39 is 9.84 Å². The second-order valence-corrected chi connectivity index (χ2v) is 10.7. The van der Waals surface area contributed by atoms with Crippen LogP contribution in [0.15, 0.2) is 52.5 Å². The molecule has 1 aliphatic carbocycles. The van der Waals surface area contributed by atoms with E-state index in [0.29, 0.717) is 22.9 Å². The summed E-state index contributed by atoms with van der Waals surface area (Å²) in [5.41, 5.74) is 2.95. The summed E-state index contributed by atoms with van der Waals surface area (Å²) in [5.74, 6) is 0.533. The van der Waals surface area contributed by atoms with Crippen molar-refractivity contribution in [2.45, 2.75) is 74.4 Å². The largest absolute Gasteiger partial charge is 0.497 e. The molecule has 9 nitrogen and oxygen atoms in total. The van der Waals surface area contributed by atoms with E-state index in [1.54, 1.807) is 18.2 Å². The molecule has 1 aromatic heterocycles. The predicted octanol–water partition coefficient (Wildman–Crippen LogP) is 4.33. The van der Waals surface area contributed by atoms with Gasteiger partial charge < -0.3 is 9.47 Å². The molecule has 0 saturated heterocycles. The molecule has 1 saturated carbocycles. The number of carbonyl (C=O) groups is 1. The van der Waals surface area contributed by atoms with Gasteiger partial charge in [-0.15, -0.1) is 12.4 Å². The number of nitrogens with one attached hydrogen (secondary N) is 1. The van der Waals surface area contributed by atoms with Crippen molar-refractivity contribution in [1.29, 1.82) is 0 Å². The molecule has 1 aromatic carbocycles. The lowest BCUT2D eigenvalue weighted by atomic mass is 9.85. The van der Waals surface area contributed by atoms with Gasteiger partial charge in [0.1, 0.15) is 5.75 Å². The standard InChI is InChI=1S/C25H35N3O6S.ClH/c1-3-4-15-34-22-7-5-19(6-8-22)16-24(29)27-28(30)18-20-13-14-26-25(17-20)35(31,32)23-11-9-21(33-2)10-12-23;/h9-14,17,19,22,30H,3-8,15-16,18H2,1-2H3,(H,27,29);1H. The number of sulfone groups is 1. The Morgan fingerprint density at radius 2 is 1.86 bits per heavy atom. The summed E-state index contributed by atoms with van der Waals surface area (Å²) in [4.78, 5) is 16.5. The first-order valence-electron chi connectivity index (χ1n) is 12.0. The summed E-state index contributed by atoms with van der Waals surface area (Å²) in [6.07, 6.45) is 7.91. The van der Waals surface area contributed by atoms with Crippen LogP contribution in [0.2, 0.25) is 0 Å². The van der Waals surface area contributed by atoms with E-state index in [1.165, 1.54) is 31.5 Å². The van der Waals surface area contributed by atoms with Gasteiger partial charge in [-0.05, 0) is 80.0 Å². The number of pyridine rings is 1. The van der Waals surface area contributed by atoms with E-state index in [2.05, 4.69) is 17.3 Å². The van der Waals surface area contributed by atoms with Gasteiger partial charge in [-0.25, -0.2) is 13.4 Å². The molecule has 2 N–H and O–H groups in total. The number of amides is 1. The number of nitrogens with zero attached hydrogens (tertiary/aromatic N) is 2. The van der Waals surface area contributed by atoms with Crippen molar-refractivity contribution in [3.63, 3.8) is 0 Å². The number of carbonyl (C=O) groups excluding carboxylic acids is 1. The summed E-state index contributed by atoms with van der Waals surface area (Å²) >= 11 is 0. The van der Waals surface area contributed by atoms with Crippen LogP contribution in [0.1, 0.15) is 57.4 Å². The molecule has 0 atom stereocenters. The zero-order valence-corrected chi connectivity index (χ0v) is 22.4. The molecule has 2 aromatic rings. The number of halogens is 1. The Kier molecular flexibility index (Phi) is 12.1. The highest BCUT2D eigenvalue weighted by Crippen LogP contribution is 2.28. The molecular formula is C25H36ClN3O6S. The molecule has 1 heterocycles. The third-order valence-corrected chi connectivity index (χ3v) is 7.82. The van der Waals surface area contributed by atoms with E-state index in [-0.39, 0.29) is 46.8 Å². The lowest BCUT2D eigenvalue weighted by Gasteiger charge is -2.28. The van der Waals surface area contributed by atoms with Crippen LogP contribution in [0.5, 0.6) is 5.75 Å². The van der Waals surface area contributed by atoms with Gasteiger partial charge in [-0.1, -0.05) is 18.5 Å². The van der Waals surface area contributed by atoms with Gasteiger partial charge in [0.25, 0.3) is 0 Å². The van der Waals surface area contributed by atoms with Crippen LogP contribution < -0.4 is 10.2 Å². The van der Waals surface area contributed by atoms with Crippen molar-refractivity contribution in [2.24, 2.45) is 5.92 Å². The van der Waals surface area contributed by atoms with E-state index in [9.17, 15) is 18.4 Å². The summed E-state index contributed by atoms with van der Waals surface area (Å²) in [6.45, 7) is 2.85. The van der Waals surface area contributed by atoms with Crippen molar-refractivity contribution in [3.05, 3.63) is 48.2 Å². The van der Waals surface area contributed by atoms with E-state index >= 15 is 0 Å². The zero-order chi connectivity index (χ0) is 25.3. The first-order chi connectivity index (χ1) is 16.8. The topological polar surface area (TPSA) is 118 Å². The molecule has 11 heteroatoms. The van der Waals surface area contributed by atoms with Gasteiger partial charge >= 0.3 is 0 Å². The minimum atomic E-state index is -3.84. The highest BCUT2D eigenvalue weighted by Gasteiger charge is 2.24. The van der Waals surface area contributed by atoms with Gasteiger partial charge in [0.15, 0.2) is 5.03 Å². The Balaban J connectivity index is 0.00000456. The van der Waals surface area contributed by atoms with Crippen LogP contribution in [-0.4, -0.2) is 49.5 Å². The van der Waals surface area contributed by atoms with Gasteiger partial charge in [0.2, 0.25) is 15.7 Å². The highest BCUT2D eigenvalue weighted by molar-refractivity contribution is 7.91. The third-order valence-electron chi connectivity index (χ3n) is 6.15. The predicted molar refractivity (Wildman–Crippen MR) is 137 cm³/mol. The number of methoxy groups -OCH3 is 1. The first kappa shape index (κ1) is 30.0. The number of aromatic nitrogens is 1. The lowest BCUT2D eigenvalue weighted by Crippen LogP contribution is -2.40. The van der Waals surface area contributed by atoms with E-state index in [4.69, 9.17) is 9.47 Å². The number of benzene rings is 1. The number of unbranched alkanes of at least 4 members (excludes halogenated alkanes) is 1. The summed E-state index contributed by atoms with van der Waals surface area (Å²) in [6, 6.07) is 9.00. The van der Waals surface area contributed by atoms with Gasteiger partial charge in [0, 0.05) is 19.2 Å². The Labute approximate surface area is 219 Å². The smallest absolute Gasteiger partial charge is 0.236 e. The second-order valence-electron chi connectivity index (χ2n) is 8.85. The zero-order valence-electron chi connectivity index (χ0n) is 20.8. The molecule has 0 spiro atoms. The minimum Gasteiger partial charge on any atom is -0.497 e. The molecule has 1 amide bonds. The van der Waals surface area contributed by atoms with Crippen molar-refractivity contribution in [3.8, 4) is 5.75 Å². The maximum absolute atomic E-state index is 12.9. The Morgan fingerprint density at radius 3 is 2.50 bits per heavy atom. The molecule has 3 rings (SSSR count). The molecule has 200 valence electrons. The molecule has 1 aliphatic rings. The van der Waals surface area contributed by atoms with Crippen molar-refractivity contribution in [2.75, 3.05) is 13.7 Å². The molecular weight excluding hydrogens is 506 g/mol. The van der Waals surface area contributed by atoms with Crippen LogP contribution in [0.25, 0.3) is 0 Å². The number of hydrogen-bond donors (Lipinski definition) is 2. The van der Waals surface area contributed by atoms with E-state index in [0.717, 1.165) is 45.1 Å². The third kappa shape index (κ3) is 8.70. The molecule has 1 fully saturated rings. The average Bonchev–Trinajstić information content (AvgIpc) is 2.85. The van der Waals surface area contributed by atoms with Gasteiger partial charge in [-0.3, -0.25) is 15.4 Å². The monoisotopic (exact) mass is 541 g/mol. The first-order valence-corrected chi connectivity index (χ1v) is 13.5. The van der Waals surface area contributed by atoms with Crippen molar-refractivity contribution < 1.29 is 27.9 Å². The Hall–Kier alpha value is -2.24. The number of hydrogen-bond acceptors (Lipinski definition) is 8. The van der Waals surface area contributed by atoms with Crippen LogP contribution >= 0.6 is 12.4 Å². The quantitative estimate of drug-likeness (QED) is 0.301. The van der Waals surface area contributed by atoms with Crippen LogP contribution in [0, 0.1) is 5.92 Å². The van der Waals surface area contributed by atoms with Crippen molar-refractivity contribution >= 4 is 28.2 Å². The molecule has 0 radical (unpaired) electrons. The van der Waals surface area contributed by atoms with Gasteiger partial charge in [-0.2, -0.15) is 0 Å². The number of rotatable bonds is 12. The van der Waals surface area contributed by atoms with Crippen molar-refractivity contribution in [1.82, 2.24) is 15.6 Å². The fourth-order valence-corrected chi connectivity index (χ4v) is 5.37. The molecule has 36 heavy (non-hydrogen) atoms. The SMILES string of the molecule is CCCCOC1CCC(CC(=O)NN(O)Cc2ccnc(S(=O)(=O)c3ccc(OC)cc3)c2)CC1.Cl. The van der Waals surface area contributed by atoms with E-state index in [1.807, 2.05) is 0 Å². The van der Waals surface area contributed by atoms with Gasteiger partial charge in [0.05, 0.1) is 24.7 Å². The normalized spacial score (nSPS) is 17.9. The van der Waals surface area contributed by atoms with Crippen LogP contribution in [-0.2, 0) is 25.9 Å². The van der Waals surface area contributed by atoms with Crippen LogP contribution in [0.4, 0.5) is 0 Å². The Bertz CT molecular complexity index is 1060. The summed E-state index contributed by atoms with van der Waals surface area (Å²) in [7, 11) is -2.34. The molecule has 0 aliphatic heterocycles. The minimum absolute atomic E-state index is 0. The number of ether oxygens (including phenoxy) is 2.